The SMILES string of the molecule is COc1ccc(C)cc1N(C(C)C(=O)Nc1ccccc1Br)S(C)(=O)=O. The van der Waals surface area contributed by atoms with Crippen molar-refractivity contribution in [2.24, 2.45) is 0 Å². The number of ether oxygens (including phenoxy) is 1. The third-order valence-electron chi connectivity index (χ3n) is 3.79. The molecule has 1 unspecified atom stereocenters. The van der Waals surface area contributed by atoms with Crippen LogP contribution in [0.1, 0.15) is 12.5 Å². The van der Waals surface area contributed by atoms with Crippen molar-refractivity contribution < 1.29 is 17.9 Å². The Morgan fingerprint density at radius 3 is 2.46 bits per heavy atom. The number of anilines is 2. The number of carbonyl (C=O) groups excluding carboxylic acids is 1. The Bertz CT molecular complexity index is 915. The molecule has 0 spiro atoms. The van der Waals surface area contributed by atoms with E-state index in [2.05, 4.69) is 21.2 Å². The van der Waals surface area contributed by atoms with E-state index in [4.69, 9.17) is 4.74 Å². The summed E-state index contributed by atoms with van der Waals surface area (Å²) < 4.78 is 32.0. The van der Waals surface area contributed by atoms with Crippen LogP contribution < -0.4 is 14.4 Å². The van der Waals surface area contributed by atoms with E-state index in [1.807, 2.05) is 19.1 Å². The average Bonchev–Trinajstić information content (AvgIpc) is 2.56. The first-order valence-electron chi connectivity index (χ1n) is 7.84. The Morgan fingerprint density at radius 2 is 1.88 bits per heavy atom. The van der Waals surface area contributed by atoms with Gasteiger partial charge in [-0.25, -0.2) is 8.42 Å². The number of rotatable bonds is 6. The molecule has 0 aliphatic rings. The summed E-state index contributed by atoms with van der Waals surface area (Å²) in [6.45, 7) is 3.38. The maximum absolute atomic E-state index is 12.7. The highest BCUT2D eigenvalue weighted by atomic mass is 79.9. The van der Waals surface area contributed by atoms with E-state index < -0.39 is 22.0 Å². The van der Waals surface area contributed by atoms with Gasteiger partial charge in [0.05, 0.1) is 24.7 Å². The first-order chi connectivity index (χ1) is 12.1. The lowest BCUT2D eigenvalue weighted by Gasteiger charge is -2.29. The van der Waals surface area contributed by atoms with E-state index in [1.165, 1.54) is 14.0 Å². The Morgan fingerprint density at radius 1 is 1.23 bits per heavy atom. The smallest absolute Gasteiger partial charge is 0.248 e. The number of sulfonamides is 1. The van der Waals surface area contributed by atoms with Crippen LogP contribution in [-0.4, -0.2) is 33.7 Å². The second kappa shape index (κ2) is 8.09. The molecule has 0 bridgehead atoms. The van der Waals surface area contributed by atoms with Gasteiger partial charge in [0.2, 0.25) is 15.9 Å². The van der Waals surface area contributed by atoms with Crippen LogP contribution in [0.2, 0.25) is 0 Å². The largest absolute Gasteiger partial charge is 0.495 e. The number of hydrogen-bond donors (Lipinski definition) is 1. The van der Waals surface area contributed by atoms with E-state index in [1.54, 1.807) is 30.3 Å². The van der Waals surface area contributed by atoms with Crippen LogP contribution in [0.5, 0.6) is 5.75 Å². The molecule has 0 saturated heterocycles. The summed E-state index contributed by atoms with van der Waals surface area (Å²) in [5, 5.41) is 2.75. The lowest BCUT2D eigenvalue weighted by Crippen LogP contribution is -2.45. The summed E-state index contributed by atoms with van der Waals surface area (Å²) in [5.41, 5.74) is 1.74. The van der Waals surface area contributed by atoms with E-state index in [0.717, 1.165) is 16.1 Å². The third-order valence-corrected chi connectivity index (χ3v) is 5.71. The van der Waals surface area contributed by atoms with Crippen LogP contribution in [0.4, 0.5) is 11.4 Å². The fraction of sp³-hybridized carbons (Fsp3) is 0.278. The highest BCUT2D eigenvalue weighted by Crippen LogP contribution is 2.33. The molecule has 140 valence electrons. The average molecular weight is 441 g/mol. The summed E-state index contributed by atoms with van der Waals surface area (Å²) in [5.74, 6) is -0.0764. The van der Waals surface area contributed by atoms with Crippen molar-refractivity contribution in [1.29, 1.82) is 0 Å². The zero-order valence-electron chi connectivity index (χ0n) is 15.0. The second-order valence-electron chi connectivity index (χ2n) is 5.88. The number of aryl methyl sites for hydroxylation is 1. The molecule has 0 fully saturated rings. The van der Waals surface area contributed by atoms with E-state index >= 15 is 0 Å². The Kier molecular flexibility index (Phi) is 6.30. The summed E-state index contributed by atoms with van der Waals surface area (Å²) in [6.07, 6.45) is 1.07. The first-order valence-corrected chi connectivity index (χ1v) is 10.5. The number of amides is 1. The quantitative estimate of drug-likeness (QED) is 0.744. The molecule has 0 saturated carbocycles. The molecular weight excluding hydrogens is 420 g/mol. The zero-order chi connectivity index (χ0) is 19.5. The number of benzene rings is 2. The van der Waals surface area contributed by atoms with Crippen LogP contribution >= 0.6 is 15.9 Å². The minimum absolute atomic E-state index is 0.324. The number of para-hydroxylation sites is 1. The second-order valence-corrected chi connectivity index (χ2v) is 8.59. The molecule has 0 heterocycles. The summed E-state index contributed by atoms with van der Waals surface area (Å²) in [7, 11) is -2.27. The van der Waals surface area contributed by atoms with Gasteiger partial charge in [-0.3, -0.25) is 9.10 Å². The van der Waals surface area contributed by atoms with Crippen molar-refractivity contribution in [2.75, 3.05) is 23.0 Å². The minimum Gasteiger partial charge on any atom is -0.495 e. The summed E-state index contributed by atoms with van der Waals surface area (Å²) in [6, 6.07) is 11.3. The standard InChI is InChI=1S/C18H21BrN2O4S/c1-12-9-10-17(25-3)16(11-12)21(26(4,23)24)13(2)18(22)20-15-8-6-5-7-14(15)19/h5-11,13H,1-4H3,(H,20,22). The van der Waals surface area contributed by atoms with Crippen molar-refractivity contribution >= 4 is 43.2 Å². The van der Waals surface area contributed by atoms with Gasteiger partial charge in [0, 0.05) is 4.47 Å². The topological polar surface area (TPSA) is 75.7 Å². The molecule has 2 aromatic rings. The molecule has 2 aromatic carbocycles. The predicted molar refractivity (Wildman–Crippen MR) is 107 cm³/mol. The van der Waals surface area contributed by atoms with Crippen molar-refractivity contribution in [3.8, 4) is 5.75 Å². The maximum Gasteiger partial charge on any atom is 0.248 e. The van der Waals surface area contributed by atoms with E-state index in [9.17, 15) is 13.2 Å². The molecule has 6 nitrogen and oxygen atoms in total. The third kappa shape index (κ3) is 4.56. The predicted octanol–water partition coefficient (Wildman–Crippen LogP) is 3.56. The van der Waals surface area contributed by atoms with E-state index in [-0.39, 0.29) is 0 Å². The molecule has 0 aliphatic heterocycles. The number of nitrogens with one attached hydrogen (secondary N) is 1. The highest BCUT2D eigenvalue weighted by molar-refractivity contribution is 9.10. The molecule has 1 amide bonds. The summed E-state index contributed by atoms with van der Waals surface area (Å²) in [4.78, 5) is 12.7. The van der Waals surface area contributed by atoms with Crippen molar-refractivity contribution in [3.05, 3.63) is 52.5 Å². The van der Waals surface area contributed by atoms with Gasteiger partial charge >= 0.3 is 0 Å². The van der Waals surface area contributed by atoms with Crippen LogP contribution in [0.15, 0.2) is 46.9 Å². The van der Waals surface area contributed by atoms with Gasteiger partial charge in [-0.2, -0.15) is 0 Å². The van der Waals surface area contributed by atoms with E-state index in [0.29, 0.717) is 21.6 Å². The normalized spacial score (nSPS) is 12.3. The van der Waals surface area contributed by atoms with Crippen LogP contribution in [-0.2, 0) is 14.8 Å². The molecule has 1 atom stereocenters. The zero-order valence-corrected chi connectivity index (χ0v) is 17.4. The fourth-order valence-corrected chi connectivity index (χ4v) is 4.11. The van der Waals surface area contributed by atoms with Gasteiger partial charge in [-0.15, -0.1) is 0 Å². The first kappa shape index (κ1) is 20.3. The Balaban J connectivity index is 2.43. The van der Waals surface area contributed by atoms with Gasteiger partial charge in [0.15, 0.2) is 0 Å². The summed E-state index contributed by atoms with van der Waals surface area (Å²) >= 11 is 3.36. The molecular formula is C18H21BrN2O4S. The van der Waals surface area contributed by atoms with Crippen molar-refractivity contribution in [3.63, 3.8) is 0 Å². The Labute approximate surface area is 162 Å². The molecule has 1 N–H and O–H groups in total. The maximum atomic E-state index is 12.7. The van der Waals surface area contributed by atoms with Crippen LogP contribution in [0.25, 0.3) is 0 Å². The Hall–Kier alpha value is -2.06. The number of halogens is 1. The molecule has 0 aliphatic carbocycles. The minimum atomic E-state index is -3.73. The number of hydrogen-bond acceptors (Lipinski definition) is 4. The van der Waals surface area contributed by atoms with Gasteiger partial charge in [-0.1, -0.05) is 18.2 Å². The number of carbonyl (C=O) groups is 1. The lowest BCUT2D eigenvalue weighted by molar-refractivity contribution is -0.116. The van der Waals surface area contributed by atoms with Gasteiger partial charge in [0.1, 0.15) is 11.8 Å². The number of methoxy groups -OCH3 is 1. The van der Waals surface area contributed by atoms with Gasteiger partial charge in [-0.05, 0) is 59.6 Å². The molecule has 26 heavy (non-hydrogen) atoms. The van der Waals surface area contributed by atoms with Crippen LogP contribution in [0, 0.1) is 6.92 Å². The van der Waals surface area contributed by atoms with Gasteiger partial charge < -0.3 is 10.1 Å². The molecule has 0 radical (unpaired) electrons. The van der Waals surface area contributed by atoms with Gasteiger partial charge in [0.25, 0.3) is 0 Å². The molecule has 2 rings (SSSR count). The molecule has 8 heteroatoms. The van der Waals surface area contributed by atoms with Crippen molar-refractivity contribution in [1.82, 2.24) is 0 Å². The fourth-order valence-electron chi connectivity index (χ4n) is 2.55. The lowest BCUT2D eigenvalue weighted by atomic mass is 10.2. The monoisotopic (exact) mass is 440 g/mol. The van der Waals surface area contributed by atoms with Crippen LogP contribution in [0.3, 0.4) is 0 Å². The van der Waals surface area contributed by atoms with Crippen molar-refractivity contribution in [2.45, 2.75) is 19.9 Å². The number of nitrogens with zero attached hydrogens (tertiary/aromatic N) is 1. The molecule has 0 aromatic heterocycles. The highest BCUT2D eigenvalue weighted by Gasteiger charge is 2.31.